The monoisotopic (exact) mass is 209 g/mol. The molecule has 0 aliphatic carbocycles. The molecule has 0 bridgehead atoms. The van der Waals surface area contributed by atoms with Crippen LogP contribution in [0.1, 0.15) is 24.5 Å². The number of nitrogens with two attached hydrogens (primary N) is 1. The number of imidazole rings is 1. The lowest BCUT2D eigenvalue weighted by atomic mass is 10.2. The summed E-state index contributed by atoms with van der Waals surface area (Å²) in [4.78, 5) is 4.22. The molecule has 74 valence electrons. The van der Waals surface area contributed by atoms with Crippen LogP contribution in [0.4, 0.5) is 0 Å². The minimum absolute atomic E-state index is 0.274. The van der Waals surface area contributed by atoms with E-state index in [-0.39, 0.29) is 6.04 Å². The molecule has 0 saturated heterocycles. The molecule has 1 atom stereocenters. The van der Waals surface area contributed by atoms with Gasteiger partial charge in [0.05, 0.1) is 23.6 Å². The van der Waals surface area contributed by atoms with E-state index in [1.54, 1.807) is 12.4 Å². The smallest absolute Gasteiger partial charge is 0.131 e. The fraction of sp³-hybridized carbons (Fsp3) is 0.375. The molecular weight excluding hydrogens is 198 g/mol. The van der Waals surface area contributed by atoms with E-state index in [1.807, 2.05) is 10.8 Å². The van der Waals surface area contributed by atoms with Crippen molar-refractivity contribution in [3.8, 4) is 0 Å². The number of rotatable bonds is 3. The predicted molar refractivity (Wildman–Crippen MR) is 53.8 cm³/mol. The highest BCUT2D eigenvalue weighted by Crippen LogP contribution is 2.15. The van der Waals surface area contributed by atoms with Crippen LogP contribution in [-0.2, 0) is 6.54 Å². The summed E-state index contributed by atoms with van der Waals surface area (Å²) in [6.45, 7) is 2.91. The summed E-state index contributed by atoms with van der Waals surface area (Å²) in [5.41, 5.74) is 6.78. The first-order chi connectivity index (χ1) is 6.83. The lowest BCUT2D eigenvalue weighted by Gasteiger charge is -2.09. The minimum atomic E-state index is -0.274. The van der Waals surface area contributed by atoms with Gasteiger partial charge in [0.15, 0.2) is 0 Å². The number of hydrogen-bond donors (Lipinski definition) is 1. The van der Waals surface area contributed by atoms with Gasteiger partial charge in [-0.25, -0.2) is 4.98 Å². The topological polar surface area (TPSA) is 69.6 Å². The lowest BCUT2D eigenvalue weighted by Crippen LogP contribution is -2.17. The molecular formula is C8H11N5S. The Morgan fingerprint density at radius 1 is 1.64 bits per heavy atom. The molecule has 0 aromatic carbocycles. The molecule has 0 aliphatic rings. The highest BCUT2D eigenvalue weighted by Gasteiger charge is 2.16. The molecule has 0 saturated carbocycles. The van der Waals surface area contributed by atoms with Crippen LogP contribution in [-0.4, -0.2) is 18.3 Å². The molecule has 0 fully saturated rings. The molecule has 0 radical (unpaired) electrons. The molecule has 0 amide bonds. The summed E-state index contributed by atoms with van der Waals surface area (Å²) in [7, 11) is 0. The van der Waals surface area contributed by atoms with Gasteiger partial charge in [0, 0.05) is 18.9 Å². The summed E-state index contributed by atoms with van der Waals surface area (Å²) >= 11 is 1.16. The van der Waals surface area contributed by atoms with Crippen molar-refractivity contribution in [1.29, 1.82) is 0 Å². The third-order valence-electron chi connectivity index (χ3n) is 2.06. The maximum absolute atomic E-state index is 6.00. The zero-order chi connectivity index (χ0) is 9.97. The Morgan fingerprint density at radius 2 is 2.50 bits per heavy atom. The van der Waals surface area contributed by atoms with Crippen LogP contribution in [0.5, 0.6) is 0 Å². The predicted octanol–water partition coefficient (Wildman–Crippen LogP) is 0.803. The summed E-state index contributed by atoms with van der Waals surface area (Å²) in [6, 6.07) is -0.274. The van der Waals surface area contributed by atoms with E-state index in [0.29, 0.717) is 0 Å². The van der Waals surface area contributed by atoms with Crippen molar-refractivity contribution >= 4 is 11.7 Å². The fourth-order valence-corrected chi connectivity index (χ4v) is 1.77. The van der Waals surface area contributed by atoms with Gasteiger partial charge in [0.25, 0.3) is 0 Å². The van der Waals surface area contributed by atoms with E-state index in [9.17, 15) is 0 Å². The van der Waals surface area contributed by atoms with Gasteiger partial charge in [-0.1, -0.05) is 0 Å². The second-order valence-corrected chi connectivity index (χ2v) is 3.44. The van der Waals surface area contributed by atoms with E-state index in [2.05, 4.69) is 20.7 Å². The van der Waals surface area contributed by atoms with Crippen molar-refractivity contribution in [1.82, 2.24) is 18.3 Å². The molecule has 2 rings (SSSR count). The van der Waals surface area contributed by atoms with Crippen molar-refractivity contribution in [2.45, 2.75) is 19.5 Å². The van der Waals surface area contributed by atoms with Crippen molar-refractivity contribution in [3.05, 3.63) is 30.1 Å². The number of hydrogen-bond acceptors (Lipinski definition) is 5. The fourth-order valence-electron chi connectivity index (χ4n) is 1.31. The number of aryl methyl sites for hydroxylation is 1. The van der Waals surface area contributed by atoms with Crippen LogP contribution in [0.2, 0.25) is 0 Å². The van der Waals surface area contributed by atoms with E-state index in [4.69, 9.17) is 5.73 Å². The third kappa shape index (κ3) is 1.53. The van der Waals surface area contributed by atoms with Crippen LogP contribution in [0.25, 0.3) is 0 Å². The summed E-state index contributed by atoms with van der Waals surface area (Å²) in [6.07, 6.45) is 5.34. The maximum atomic E-state index is 6.00. The molecule has 1 unspecified atom stereocenters. The minimum Gasteiger partial charge on any atom is -0.334 e. The molecule has 5 nitrogen and oxygen atoms in total. The van der Waals surface area contributed by atoms with Crippen molar-refractivity contribution in [2.24, 2.45) is 5.73 Å². The Kier molecular flexibility index (Phi) is 2.55. The molecule has 2 aromatic rings. The third-order valence-corrected chi connectivity index (χ3v) is 2.56. The Morgan fingerprint density at radius 3 is 3.14 bits per heavy atom. The zero-order valence-electron chi connectivity index (χ0n) is 7.79. The zero-order valence-corrected chi connectivity index (χ0v) is 8.61. The van der Waals surface area contributed by atoms with Gasteiger partial charge in [-0.2, -0.15) is 8.75 Å². The van der Waals surface area contributed by atoms with E-state index in [0.717, 1.165) is 29.8 Å². The highest BCUT2D eigenvalue weighted by molar-refractivity contribution is 6.99. The summed E-state index contributed by atoms with van der Waals surface area (Å²) in [5.74, 6) is 0.834. The van der Waals surface area contributed by atoms with Crippen LogP contribution in [0.3, 0.4) is 0 Å². The van der Waals surface area contributed by atoms with E-state index in [1.165, 1.54) is 0 Å². The van der Waals surface area contributed by atoms with Crippen molar-refractivity contribution in [2.75, 3.05) is 0 Å². The van der Waals surface area contributed by atoms with Crippen molar-refractivity contribution in [3.63, 3.8) is 0 Å². The van der Waals surface area contributed by atoms with Crippen LogP contribution >= 0.6 is 11.7 Å². The normalized spacial score (nSPS) is 13.0. The number of nitrogens with zero attached hydrogens (tertiary/aromatic N) is 4. The maximum Gasteiger partial charge on any atom is 0.131 e. The van der Waals surface area contributed by atoms with Gasteiger partial charge in [0.1, 0.15) is 11.9 Å². The lowest BCUT2D eigenvalue weighted by molar-refractivity contribution is 0.650. The second-order valence-electron chi connectivity index (χ2n) is 2.88. The Bertz CT molecular complexity index is 394. The Balaban J connectivity index is 2.31. The molecule has 2 aromatic heterocycles. The van der Waals surface area contributed by atoms with Gasteiger partial charge in [0.2, 0.25) is 0 Å². The quantitative estimate of drug-likeness (QED) is 0.811. The second kappa shape index (κ2) is 3.85. The standard InChI is InChI=1S/C8H11N5S/c1-2-13-4-3-10-8(13)7(9)6-5-11-14-12-6/h3-5,7H,2,9H2,1H3. The summed E-state index contributed by atoms with van der Waals surface area (Å²) in [5, 5.41) is 0. The first-order valence-electron chi connectivity index (χ1n) is 4.37. The van der Waals surface area contributed by atoms with E-state index < -0.39 is 0 Å². The van der Waals surface area contributed by atoms with Gasteiger partial charge < -0.3 is 10.3 Å². The Labute approximate surface area is 85.9 Å². The number of aromatic nitrogens is 4. The van der Waals surface area contributed by atoms with Gasteiger partial charge in [-0.15, -0.1) is 0 Å². The molecule has 2 N–H and O–H groups in total. The molecule has 0 aliphatic heterocycles. The SMILES string of the molecule is CCn1ccnc1C(N)c1cnsn1. The van der Waals surface area contributed by atoms with Crippen LogP contribution in [0, 0.1) is 0 Å². The van der Waals surface area contributed by atoms with Crippen molar-refractivity contribution < 1.29 is 0 Å². The Hall–Kier alpha value is -1.27. The van der Waals surface area contributed by atoms with Crippen LogP contribution < -0.4 is 5.73 Å². The molecule has 2 heterocycles. The first-order valence-corrected chi connectivity index (χ1v) is 5.10. The average Bonchev–Trinajstić information content (AvgIpc) is 2.87. The van der Waals surface area contributed by atoms with Gasteiger partial charge in [-0.3, -0.25) is 0 Å². The molecule has 6 heteroatoms. The largest absolute Gasteiger partial charge is 0.334 e. The van der Waals surface area contributed by atoms with E-state index >= 15 is 0 Å². The molecule has 0 spiro atoms. The molecule has 14 heavy (non-hydrogen) atoms. The summed E-state index contributed by atoms with van der Waals surface area (Å²) < 4.78 is 10.0. The van der Waals surface area contributed by atoms with Gasteiger partial charge >= 0.3 is 0 Å². The van der Waals surface area contributed by atoms with Crippen LogP contribution in [0.15, 0.2) is 18.6 Å². The van der Waals surface area contributed by atoms with Gasteiger partial charge in [-0.05, 0) is 6.92 Å². The average molecular weight is 209 g/mol. The highest BCUT2D eigenvalue weighted by atomic mass is 32.1. The first kappa shape index (κ1) is 9.29.